The Morgan fingerprint density at radius 2 is 2.25 bits per heavy atom. The van der Waals surface area contributed by atoms with Gasteiger partial charge in [-0.3, -0.25) is 0 Å². The number of nitrogens with zero attached hydrogens (tertiary/aromatic N) is 1. The van der Waals surface area contributed by atoms with Gasteiger partial charge in [-0.2, -0.15) is 0 Å². The number of rotatable bonds is 4. The molecule has 0 aliphatic carbocycles. The topological polar surface area (TPSA) is 15.3 Å². The Morgan fingerprint density at radius 3 is 2.94 bits per heavy atom. The van der Waals surface area contributed by atoms with E-state index in [-0.39, 0.29) is 0 Å². The van der Waals surface area contributed by atoms with Gasteiger partial charge in [0.25, 0.3) is 0 Å². The van der Waals surface area contributed by atoms with Crippen molar-refractivity contribution in [1.82, 2.24) is 10.2 Å². The lowest BCUT2D eigenvalue weighted by Crippen LogP contribution is -2.34. The highest BCUT2D eigenvalue weighted by Crippen LogP contribution is 2.17. The second kappa shape index (κ2) is 5.67. The molecule has 1 aliphatic heterocycles. The average Bonchev–Trinajstić information content (AvgIpc) is 2.74. The number of hydrogen-bond donors (Lipinski definition) is 1. The van der Waals surface area contributed by atoms with Crippen molar-refractivity contribution < 1.29 is 0 Å². The van der Waals surface area contributed by atoms with Gasteiger partial charge in [-0.25, -0.2) is 0 Å². The van der Waals surface area contributed by atoms with Crippen molar-refractivity contribution in [1.29, 1.82) is 0 Å². The van der Waals surface area contributed by atoms with Crippen LogP contribution in [0, 0.1) is 0 Å². The minimum atomic E-state index is 0.660. The Morgan fingerprint density at radius 1 is 1.44 bits per heavy atom. The van der Waals surface area contributed by atoms with E-state index in [0.29, 0.717) is 6.04 Å². The van der Waals surface area contributed by atoms with Crippen LogP contribution in [0.25, 0.3) is 0 Å². The molecule has 1 aromatic rings. The van der Waals surface area contributed by atoms with Crippen LogP contribution in [0.1, 0.15) is 18.4 Å². The van der Waals surface area contributed by atoms with Crippen molar-refractivity contribution in [3.05, 3.63) is 34.9 Å². The van der Waals surface area contributed by atoms with Gasteiger partial charge in [0.15, 0.2) is 0 Å². The molecular formula is C13H19ClN2. The molecule has 0 bridgehead atoms. The Balaban J connectivity index is 1.86. The fourth-order valence-electron chi connectivity index (χ4n) is 2.27. The number of benzene rings is 1. The Bertz CT molecular complexity index is 334. The van der Waals surface area contributed by atoms with E-state index in [2.05, 4.69) is 23.3 Å². The number of halogens is 1. The zero-order chi connectivity index (χ0) is 11.4. The zero-order valence-corrected chi connectivity index (χ0v) is 10.5. The van der Waals surface area contributed by atoms with E-state index in [4.69, 9.17) is 11.6 Å². The van der Waals surface area contributed by atoms with E-state index in [9.17, 15) is 0 Å². The summed E-state index contributed by atoms with van der Waals surface area (Å²) in [5, 5.41) is 4.38. The van der Waals surface area contributed by atoms with Crippen molar-refractivity contribution in [2.75, 3.05) is 20.1 Å². The molecule has 2 nitrogen and oxygen atoms in total. The second-order valence-corrected chi connectivity index (χ2v) is 4.99. The van der Waals surface area contributed by atoms with E-state index in [1.807, 2.05) is 18.2 Å². The van der Waals surface area contributed by atoms with Crippen molar-refractivity contribution in [2.24, 2.45) is 0 Å². The third-order valence-corrected chi connectivity index (χ3v) is 3.46. The van der Waals surface area contributed by atoms with Crippen LogP contribution in [-0.4, -0.2) is 31.1 Å². The molecule has 1 aliphatic rings. The van der Waals surface area contributed by atoms with Crippen LogP contribution < -0.4 is 5.32 Å². The van der Waals surface area contributed by atoms with E-state index in [0.717, 1.165) is 18.1 Å². The van der Waals surface area contributed by atoms with Gasteiger partial charge in [0.2, 0.25) is 0 Å². The van der Waals surface area contributed by atoms with Crippen LogP contribution in [0.4, 0.5) is 0 Å². The van der Waals surface area contributed by atoms with Crippen molar-refractivity contribution in [3.8, 4) is 0 Å². The molecule has 1 N–H and O–H groups in total. The summed E-state index contributed by atoms with van der Waals surface area (Å²) in [6.07, 6.45) is 2.61. The first-order valence-electron chi connectivity index (χ1n) is 5.91. The molecule has 0 aromatic heterocycles. The lowest BCUT2D eigenvalue weighted by molar-refractivity contribution is 0.293. The monoisotopic (exact) mass is 238 g/mol. The molecule has 1 aromatic carbocycles. The highest BCUT2D eigenvalue weighted by atomic mass is 35.5. The molecule has 1 fully saturated rings. The fourth-order valence-corrected chi connectivity index (χ4v) is 2.47. The number of hydrogen-bond acceptors (Lipinski definition) is 2. The molecule has 0 radical (unpaired) electrons. The van der Waals surface area contributed by atoms with Gasteiger partial charge in [-0.1, -0.05) is 29.8 Å². The summed E-state index contributed by atoms with van der Waals surface area (Å²) >= 11 is 6.14. The molecule has 1 atom stereocenters. The van der Waals surface area contributed by atoms with Gasteiger partial charge >= 0.3 is 0 Å². The molecule has 1 unspecified atom stereocenters. The number of nitrogens with one attached hydrogen (secondary N) is 1. The molecule has 16 heavy (non-hydrogen) atoms. The molecule has 0 amide bonds. The SMILES string of the molecule is CN(Cc1ccccc1Cl)CC1CCCN1. The summed E-state index contributed by atoms with van der Waals surface area (Å²) in [4.78, 5) is 2.34. The lowest BCUT2D eigenvalue weighted by atomic mass is 10.2. The predicted octanol–water partition coefficient (Wildman–Crippen LogP) is 2.52. The second-order valence-electron chi connectivity index (χ2n) is 4.58. The summed E-state index contributed by atoms with van der Waals surface area (Å²) in [6, 6.07) is 8.74. The van der Waals surface area contributed by atoms with Crippen LogP contribution in [-0.2, 0) is 6.54 Å². The van der Waals surface area contributed by atoms with Crippen molar-refractivity contribution in [3.63, 3.8) is 0 Å². The first-order chi connectivity index (χ1) is 7.75. The summed E-state index contributed by atoms with van der Waals surface area (Å²) in [6.45, 7) is 3.20. The summed E-state index contributed by atoms with van der Waals surface area (Å²) in [7, 11) is 2.16. The molecular weight excluding hydrogens is 220 g/mol. The highest BCUT2D eigenvalue weighted by molar-refractivity contribution is 6.31. The third-order valence-electron chi connectivity index (χ3n) is 3.09. The summed E-state index contributed by atoms with van der Waals surface area (Å²) in [5.74, 6) is 0. The fraction of sp³-hybridized carbons (Fsp3) is 0.538. The normalized spacial score (nSPS) is 20.6. The van der Waals surface area contributed by atoms with E-state index < -0.39 is 0 Å². The maximum Gasteiger partial charge on any atom is 0.0451 e. The molecule has 0 spiro atoms. The standard InChI is InChI=1S/C13H19ClN2/c1-16(10-12-6-4-8-15-12)9-11-5-2-3-7-13(11)14/h2-3,5,7,12,15H,4,6,8-10H2,1H3. The molecule has 1 heterocycles. The molecule has 2 rings (SSSR count). The van der Waals surface area contributed by atoms with Gasteiger partial charge in [0.1, 0.15) is 0 Å². The average molecular weight is 239 g/mol. The third kappa shape index (κ3) is 3.21. The largest absolute Gasteiger partial charge is 0.313 e. The maximum absolute atomic E-state index is 6.14. The Hall–Kier alpha value is -0.570. The molecule has 88 valence electrons. The van der Waals surface area contributed by atoms with Crippen LogP contribution in [0.15, 0.2) is 24.3 Å². The van der Waals surface area contributed by atoms with Crippen molar-refractivity contribution >= 4 is 11.6 Å². The zero-order valence-electron chi connectivity index (χ0n) is 9.75. The predicted molar refractivity (Wildman–Crippen MR) is 68.8 cm³/mol. The van der Waals surface area contributed by atoms with Crippen LogP contribution in [0.3, 0.4) is 0 Å². The van der Waals surface area contributed by atoms with Gasteiger partial charge in [0.05, 0.1) is 0 Å². The first-order valence-corrected chi connectivity index (χ1v) is 6.29. The number of likely N-dealkylation sites (N-methyl/N-ethyl adjacent to an activating group) is 1. The van der Waals surface area contributed by atoms with Crippen LogP contribution in [0.2, 0.25) is 5.02 Å². The van der Waals surface area contributed by atoms with Gasteiger partial charge in [-0.15, -0.1) is 0 Å². The Kier molecular flexibility index (Phi) is 4.22. The summed E-state index contributed by atoms with van der Waals surface area (Å²) < 4.78 is 0. The maximum atomic E-state index is 6.14. The van der Waals surface area contributed by atoms with E-state index in [1.165, 1.54) is 24.9 Å². The quantitative estimate of drug-likeness (QED) is 0.867. The minimum Gasteiger partial charge on any atom is -0.313 e. The van der Waals surface area contributed by atoms with E-state index >= 15 is 0 Å². The van der Waals surface area contributed by atoms with Gasteiger partial charge in [-0.05, 0) is 38.1 Å². The van der Waals surface area contributed by atoms with Crippen molar-refractivity contribution in [2.45, 2.75) is 25.4 Å². The molecule has 1 saturated heterocycles. The lowest BCUT2D eigenvalue weighted by Gasteiger charge is -2.21. The Labute approximate surface area is 103 Å². The smallest absolute Gasteiger partial charge is 0.0451 e. The molecule has 0 saturated carbocycles. The summed E-state index contributed by atoms with van der Waals surface area (Å²) in [5.41, 5.74) is 1.21. The van der Waals surface area contributed by atoms with E-state index in [1.54, 1.807) is 0 Å². The van der Waals surface area contributed by atoms with Gasteiger partial charge in [0, 0.05) is 24.2 Å². The highest BCUT2D eigenvalue weighted by Gasteiger charge is 2.16. The molecule has 3 heteroatoms. The van der Waals surface area contributed by atoms with Gasteiger partial charge < -0.3 is 10.2 Å². The van der Waals surface area contributed by atoms with Crippen LogP contribution in [0.5, 0.6) is 0 Å². The first kappa shape index (κ1) is 11.9. The minimum absolute atomic E-state index is 0.660. The van der Waals surface area contributed by atoms with Crippen LogP contribution >= 0.6 is 11.6 Å².